The Kier molecular flexibility index (Phi) is 6.35. The first-order chi connectivity index (χ1) is 9.99. The number of morpholine rings is 1. The van der Waals surface area contributed by atoms with Crippen molar-refractivity contribution in [3.8, 4) is 0 Å². The van der Waals surface area contributed by atoms with E-state index in [4.69, 9.17) is 9.29 Å². The molecule has 0 aromatic carbocycles. The molecule has 0 aromatic rings. The van der Waals surface area contributed by atoms with Crippen LogP contribution in [0.2, 0.25) is 0 Å². The van der Waals surface area contributed by atoms with Crippen molar-refractivity contribution in [3.63, 3.8) is 0 Å². The molecule has 1 rings (SSSR count). The minimum absolute atomic E-state index is 0.139. The number of esters is 1. The highest BCUT2D eigenvalue weighted by molar-refractivity contribution is 7.85. The summed E-state index contributed by atoms with van der Waals surface area (Å²) in [6.45, 7) is 3.97. The van der Waals surface area contributed by atoms with Gasteiger partial charge in [0.25, 0.3) is 10.1 Å². The summed E-state index contributed by atoms with van der Waals surface area (Å²) in [5, 5.41) is 0. The van der Waals surface area contributed by atoms with Gasteiger partial charge in [-0.1, -0.05) is 6.58 Å². The van der Waals surface area contributed by atoms with Crippen molar-refractivity contribution in [2.45, 2.75) is 12.3 Å². The van der Waals surface area contributed by atoms with Gasteiger partial charge in [-0.15, -0.1) is 0 Å². The second kappa shape index (κ2) is 7.40. The third kappa shape index (κ3) is 6.73. The summed E-state index contributed by atoms with van der Waals surface area (Å²) in [4.78, 5) is 13.0. The topological polar surface area (TPSA) is 93.1 Å². The summed E-state index contributed by atoms with van der Waals surface area (Å²) in [6, 6.07) is 0. The molecule has 1 N–H and O–H groups in total. The van der Waals surface area contributed by atoms with Crippen LogP contribution in [-0.2, 0) is 24.4 Å². The van der Waals surface area contributed by atoms with Crippen LogP contribution < -0.4 is 0 Å². The lowest BCUT2D eigenvalue weighted by molar-refractivity contribution is -0.155. The fraction of sp³-hybridized carbons (Fsp3) is 0.727. The first kappa shape index (κ1) is 18.9. The molecule has 0 spiro atoms. The number of carbonyl (C=O) groups is 1. The molecule has 128 valence electrons. The Morgan fingerprint density at radius 2 is 1.91 bits per heavy atom. The second-order valence-electron chi connectivity index (χ2n) is 4.67. The van der Waals surface area contributed by atoms with E-state index >= 15 is 0 Å². The lowest BCUT2D eigenvalue weighted by atomic mass is 10.3. The summed E-state index contributed by atoms with van der Waals surface area (Å²) in [7, 11) is -4.53. The van der Waals surface area contributed by atoms with Crippen LogP contribution in [-0.4, -0.2) is 74.7 Å². The molecule has 11 heteroatoms. The Balaban J connectivity index is 2.73. The normalized spacial score (nSPS) is 18.7. The van der Waals surface area contributed by atoms with Crippen molar-refractivity contribution in [2.24, 2.45) is 0 Å². The van der Waals surface area contributed by atoms with Gasteiger partial charge >= 0.3 is 12.1 Å². The minimum Gasteiger partial charge on any atom is -0.456 e. The molecule has 0 radical (unpaired) electrons. The van der Waals surface area contributed by atoms with Gasteiger partial charge in [0.2, 0.25) is 0 Å². The lowest BCUT2D eigenvalue weighted by Crippen LogP contribution is -2.44. The molecule has 1 unspecified atom stereocenters. The second-order valence-corrected chi connectivity index (χ2v) is 6.16. The van der Waals surface area contributed by atoms with Crippen molar-refractivity contribution < 1.29 is 40.4 Å². The fourth-order valence-corrected chi connectivity index (χ4v) is 2.41. The summed E-state index contributed by atoms with van der Waals surface area (Å²) in [6.07, 6.45) is -6.42. The lowest BCUT2D eigenvalue weighted by Gasteiger charge is -2.29. The first-order valence-electron chi connectivity index (χ1n) is 6.21. The highest BCUT2D eigenvalue weighted by atomic mass is 32.2. The van der Waals surface area contributed by atoms with Crippen molar-refractivity contribution in [1.29, 1.82) is 0 Å². The van der Waals surface area contributed by atoms with Gasteiger partial charge in [0.15, 0.2) is 0 Å². The van der Waals surface area contributed by atoms with E-state index in [0.29, 0.717) is 26.3 Å². The van der Waals surface area contributed by atoms with Crippen molar-refractivity contribution in [2.75, 3.05) is 38.6 Å². The van der Waals surface area contributed by atoms with E-state index in [1.54, 1.807) is 4.90 Å². The van der Waals surface area contributed by atoms with Crippen molar-refractivity contribution in [1.82, 2.24) is 4.90 Å². The van der Waals surface area contributed by atoms with Gasteiger partial charge in [-0.05, 0) is 0 Å². The summed E-state index contributed by atoms with van der Waals surface area (Å²) in [5.74, 6) is -2.77. The van der Waals surface area contributed by atoms with Gasteiger partial charge in [-0.25, -0.2) is 4.79 Å². The molecule has 1 aliphatic heterocycles. The van der Waals surface area contributed by atoms with Gasteiger partial charge in [0.05, 0.1) is 13.2 Å². The minimum atomic E-state index is -4.97. The number of carbonyl (C=O) groups excluding carboxylic acids is 1. The maximum absolute atomic E-state index is 12.4. The van der Waals surface area contributed by atoms with Gasteiger partial charge in [0.1, 0.15) is 17.4 Å². The highest BCUT2D eigenvalue weighted by Gasteiger charge is 2.39. The summed E-state index contributed by atoms with van der Waals surface area (Å²) >= 11 is 0. The predicted octanol–water partition coefficient (Wildman–Crippen LogP) is 0.237. The number of alkyl halides is 3. The van der Waals surface area contributed by atoms with Gasteiger partial charge < -0.3 is 9.47 Å². The third-order valence-electron chi connectivity index (χ3n) is 2.82. The summed E-state index contributed by atoms with van der Waals surface area (Å²) in [5.41, 5.74) is -1.74. The zero-order chi connectivity index (χ0) is 17.0. The van der Waals surface area contributed by atoms with Crippen LogP contribution >= 0.6 is 0 Å². The van der Waals surface area contributed by atoms with Crippen LogP contribution in [0, 0.1) is 0 Å². The third-order valence-corrected chi connectivity index (χ3v) is 3.62. The fourth-order valence-electron chi connectivity index (χ4n) is 1.77. The highest BCUT2D eigenvalue weighted by Crippen LogP contribution is 2.25. The SMILES string of the molecule is C=C(C(=O)OC(CN1CCOCC1)CS(=O)(=O)O)C(F)(F)F. The summed E-state index contributed by atoms with van der Waals surface area (Å²) < 4.78 is 77.3. The Labute approximate surface area is 125 Å². The van der Waals surface area contributed by atoms with Crippen molar-refractivity contribution in [3.05, 3.63) is 12.2 Å². The molecule has 0 bridgehead atoms. The molecule has 0 amide bonds. The molecule has 0 aromatic heterocycles. The molecule has 0 saturated carbocycles. The quantitative estimate of drug-likeness (QED) is 0.418. The van der Waals surface area contributed by atoms with E-state index < -0.39 is 39.7 Å². The van der Waals surface area contributed by atoms with E-state index in [2.05, 4.69) is 11.3 Å². The molecule has 1 saturated heterocycles. The molecular formula is C11H16F3NO6S. The van der Waals surface area contributed by atoms with Crippen molar-refractivity contribution >= 4 is 16.1 Å². The van der Waals surface area contributed by atoms with Crippen LogP contribution in [0.5, 0.6) is 0 Å². The standard InChI is InChI=1S/C11H16F3NO6S/c1-8(11(12,13)14)10(16)21-9(7-22(17,18)19)6-15-2-4-20-5-3-15/h9H,1-7H2,(H,17,18,19). The molecule has 1 aliphatic rings. The molecule has 1 heterocycles. The van der Waals surface area contributed by atoms with E-state index in [-0.39, 0.29) is 6.54 Å². The number of hydrogen-bond donors (Lipinski definition) is 1. The van der Waals surface area contributed by atoms with E-state index in [9.17, 15) is 26.4 Å². The monoisotopic (exact) mass is 347 g/mol. The van der Waals surface area contributed by atoms with E-state index in [1.165, 1.54) is 0 Å². The molecule has 0 aliphatic carbocycles. The number of hydrogen-bond acceptors (Lipinski definition) is 6. The number of ether oxygens (including phenoxy) is 2. The average Bonchev–Trinajstić information content (AvgIpc) is 2.35. The maximum atomic E-state index is 12.4. The average molecular weight is 347 g/mol. The molecule has 1 atom stereocenters. The molecule has 1 fully saturated rings. The molecular weight excluding hydrogens is 331 g/mol. The number of halogens is 3. The van der Waals surface area contributed by atoms with Crippen LogP contribution in [0.25, 0.3) is 0 Å². The van der Waals surface area contributed by atoms with Crippen LogP contribution in [0.1, 0.15) is 0 Å². The van der Waals surface area contributed by atoms with E-state index in [0.717, 1.165) is 0 Å². The largest absolute Gasteiger partial charge is 0.456 e. The Morgan fingerprint density at radius 1 is 1.36 bits per heavy atom. The van der Waals surface area contributed by atoms with Gasteiger partial charge in [-0.2, -0.15) is 21.6 Å². The zero-order valence-corrected chi connectivity index (χ0v) is 12.3. The van der Waals surface area contributed by atoms with Crippen LogP contribution in [0.3, 0.4) is 0 Å². The number of rotatable bonds is 6. The molecule has 7 nitrogen and oxygen atoms in total. The predicted molar refractivity (Wildman–Crippen MR) is 68.7 cm³/mol. The Morgan fingerprint density at radius 3 is 2.36 bits per heavy atom. The first-order valence-corrected chi connectivity index (χ1v) is 7.82. The Bertz CT molecular complexity index is 512. The maximum Gasteiger partial charge on any atom is 0.422 e. The van der Waals surface area contributed by atoms with Gasteiger partial charge in [0, 0.05) is 19.6 Å². The zero-order valence-electron chi connectivity index (χ0n) is 11.5. The Hall–Kier alpha value is -1.17. The molecule has 22 heavy (non-hydrogen) atoms. The smallest absolute Gasteiger partial charge is 0.422 e. The van der Waals surface area contributed by atoms with Gasteiger partial charge in [-0.3, -0.25) is 9.45 Å². The van der Waals surface area contributed by atoms with E-state index in [1.807, 2.05) is 0 Å². The van der Waals surface area contributed by atoms with Crippen LogP contribution in [0.4, 0.5) is 13.2 Å². The van der Waals surface area contributed by atoms with Crippen LogP contribution in [0.15, 0.2) is 12.2 Å². The number of nitrogens with zero attached hydrogens (tertiary/aromatic N) is 1.